The van der Waals surface area contributed by atoms with E-state index < -0.39 is 28.0 Å². The quantitative estimate of drug-likeness (QED) is 0.659. The molecular weight excluding hydrogens is 248 g/mol. The van der Waals surface area contributed by atoms with Gasteiger partial charge in [0.05, 0.1) is 5.75 Å². The van der Waals surface area contributed by atoms with E-state index >= 15 is 0 Å². The molecule has 8 heteroatoms. The number of carboxylic acid groups (broad SMARTS) is 1. The van der Waals surface area contributed by atoms with E-state index in [-0.39, 0.29) is 24.6 Å². The second-order valence-corrected chi connectivity index (χ2v) is 5.87. The van der Waals surface area contributed by atoms with Gasteiger partial charge < -0.3 is 10.0 Å². The van der Waals surface area contributed by atoms with Crippen LogP contribution >= 0.6 is 0 Å². The van der Waals surface area contributed by atoms with Crippen LogP contribution in [-0.2, 0) is 19.6 Å². The van der Waals surface area contributed by atoms with Crippen molar-refractivity contribution in [1.29, 1.82) is 0 Å². The lowest BCUT2D eigenvalue weighted by atomic mass is 10.1. The lowest BCUT2D eigenvalue weighted by Crippen LogP contribution is -2.42. The molecule has 0 spiro atoms. The zero-order chi connectivity index (χ0) is 13.2. The number of hydrogen-bond acceptors (Lipinski definition) is 4. The molecule has 2 atom stereocenters. The predicted molar refractivity (Wildman–Crippen MR) is 59.5 cm³/mol. The van der Waals surface area contributed by atoms with E-state index in [0.717, 1.165) is 0 Å². The van der Waals surface area contributed by atoms with Crippen molar-refractivity contribution in [2.75, 3.05) is 12.3 Å². The Bertz CT molecular complexity index is 419. The number of nitrogens with zero attached hydrogens (tertiary/aromatic N) is 1. The van der Waals surface area contributed by atoms with Gasteiger partial charge in [0.2, 0.25) is 15.9 Å². The van der Waals surface area contributed by atoms with Gasteiger partial charge in [-0.2, -0.15) is 0 Å². The van der Waals surface area contributed by atoms with E-state index in [1.54, 1.807) is 6.92 Å². The van der Waals surface area contributed by atoms with E-state index in [4.69, 9.17) is 10.2 Å². The Morgan fingerprint density at radius 2 is 2.24 bits per heavy atom. The minimum atomic E-state index is -3.63. The van der Waals surface area contributed by atoms with Gasteiger partial charge in [0.25, 0.3) is 0 Å². The van der Waals surface area contributed by atoms with Crippen LogP contribution in [0, 0.1) is 5.92 Å². The Labute approximate surface area is 99.6 Å². The molecule has 98 valence electrons. The largest absolute Gasteiger partial charge is 0.480 e. The first kappa shape index (κ1) is 13.9. The molecule has 1 rings (SSSR count). The number of carbonyl (C=O) groups is 2. The summed E-state index contributed by atoms with van der Waals surface area (Å²) >= 11 is 0. The van der Waals surface area contributed by atoms with E-state index in [0.29, 0.717) is 6.42 Å². The van der Waals surface area contributed by atoms with Crippen molar-refractivity contribution in [3.05, 3.63) is 0 Å². The van der Waals surface area contributed by atoms with Gasteiger partial charge in [-0.25, -0.2) is 18.4 Å². The van der Waals surface area contributed by atoms with Gasteiger partial charge in [0.15, 0.2) is 0 Å². The molecule has 1 saturated heterocycles. The lowest BCUT2D eigenvalue weighted by Gasteiger charge is -2.23. The van der Waals surface area contributed by atoms with Gasteiger partial charge >= 0.3 is 5.97 Å². The van der Waals surface area contributed by atoms with Gasteiger partial charge in [-0.15, -0.1) is 0 Å². The molecule has 0 aromatic heterocycles. The molecule has 3 N–H and O–H groups in total. The first-order chi connectivity index (χ1) is 7.74. The average molecular weight is 264 g/mol. The highest BCUT2D eigenvalue weighted by molar-refractivity contribution is 7.89. The summed E-state index contributed by atoms with van der Waals surface area (Å²) in [6.45, 7) is 1.80. The summed E-state index contributed by atoms with van der Waals surface area (Å²) in [5, 5.41) is 13.8. The van der Waals surface area contributed by atoms with Crippen molar-refractivity contribution in [3.8, 4) is 0 Å². The molecule has 1 heterocycles. The number of hydrogen-bond donors (Lipinski definition) is 2. The van der Waals surface area contributed by atoms with Crippen molar-refractivity contribution >= 4 is 21.9 Å². The topological polar surface area (TPSA) is 118 Å². The van der Waals surface area contributed by atoms with E-state index in [9.17, 15) is 18.0 Å². The Morgan fingerprint density at radius 3 is 2.65 bits per heavy atom. The molecule has 0 aromatic carbocycles. The van der Waals surface area contributed by atoms with Gasteiger partial charge in [0.1, 0.15) is 6.04 Å². The number of amides is 1. The molecule has 7 nitrogen and oxygen atoms in total. The smallest absolute Gasteiger partial charge is 0.326 e. The summed E-state index contributed by atoms with van der Waals surface area (Å²) < 4.78 is 21.8. The highest BCUT2D eigenvalue weighted by Crippen LogP contribution is 2.22. The third-order valence-corrected chi connectivity index (χ3v) is 3.69. The molecule has 1 fully saturated rings. The number of aliphatic carboxylic acids is 1. The highest BCUT2D eigenvalue weighted by Gasteiger charge is 2.37. The second kappa shape index (κ2) is 5.01. The van der Waals surface area contributed by atoms with Crippen LogP contribution in [0.15, 0.2) is 0 Å². The molecule has 0 bridgehead atoms. The summed E-state index contributed by atoms with van der Waals surface area (Å²) in [5.74, 6) is -2.10. The van der Waals surface area contributed by atoms with Crippen LogP contribution in [0.1, 0.15) is 19.8 Å². The van der Waals surface area contributed by atoms with Crippen LogP contribution in [0.3, 0.4) is 0 Å². The minimum absolute atomic E-state index is 0.0419. The highest BCUT2D eigenvalue weighted by atomic mass is 32.2. The molecule has 0 radical (unpaired) electrons. The minimum Gasteiger partial charge on any atom is -0.480 e. The predicted octanol–water partition coefficient (Wildman–Crippen LogP) is -1.01. The summed E-state index contributed by atoms with van der Waals surface area (Å²) in [5.41, 5.74) is 0. The zero-order valence-electron chi connectivity index (χ0n) is 9.50. The van der Waals surface area contributed by atoms with Crippen molar-refractivity contribution in [1.82, 2.24) is 4.90 Å². The Morgan fingerprint density at radius 1 is 1.65 bits per heavy atom. The molecular formula is C9H16N2O5S. The average Bonchev–Trinajstić information content (AvgIpc) is 2.44. The molecule has 17 heavy (non-hydrogen) atoms. The number of carboxylic acids is 1. The molecule has 1 aliphatic rings. The fourth-order valence-corrected chi connectivity index (χ4v) is 2.96. The maximum Gasteiger partial charge on any atom is 0.326 e. The van der Waals surface area contributed by atoms with Gasteiger partial charge in [-0.1, -0.05) is 6.92 Å². The summed E-state index contributed by atoms with van der Waals surface area (Å²) in [6.07, 6.45) is 0.337. The lowest BCUT2D eigenvalue weighted by molar-refractivity contribution is -0.148. The van der Waals surface area contributed by atoms with Crippen LogP contribution in [0.5, 0.6) is 0 Å². The first-order valence-corrected chi connectivity index (χ1v) is 6.99. The first-order valence-electron chi connectivity index (χ1n) is 5.27. The number of primary sulfonamides is 1. The third-order valence-electron chi connectivity index (χ3n) is 2.75. The van der Waals surface area contributed by atoms with Gasteiger partial charge in [-0.3, -0.25) is 4.79 Å². The number of rotatable bonds is 5. The number of likely N-dealkylation sites (tertiary alicyclic amines) is 1. The molecule has 0 aromatic rings. The van der Waals surface area contributed by atoms with Crippen LogP contribution < -0.4 is 5.14 Å². The van der Waals surface area contributed by atoms with Crippen LogP contribution in [0.25, 0.3) is 0 Å². The van der Waals surface area contributed by atoms with E-state index in [2.05, 4.69) is 0 Å². The van der Waals surface area contributed by atoms with Crippen molar-refractivity contribution < 1.29 is 23.1 Å². The summed E-state index contributed by atoms with van der Waals surface area (Å²) in [7, 11) is -3.63. The summed E-state index contributed by atoms with van der Waals surface area (Å²) in [4.78, 5) is 23.7. The van der Waals surface area contributed by atoms with E-state index in [1.807, 2.05) is 0 Å². The van der Waals surface area contributed by atoms with Crippen molar-refractivity contribution in [2.24, 2.45) is 11.1 Å². The zero-order valence-corrected chi connectivity index (χ0v) is 10.3. The van der Waals surface area contributed by atoms with Gasteiger partial charge in [0, 0.05) is 18.9 Å². The second-order valence-electron chi connectivity index (χ2n) is 4.21. The maximum absolute atomic E-state index is 11.6. The van der Waals surface area contributed by atoms with Gasteiger partial charge in [-0.05, 0) is 6.42 Å². The maximum atomic E-state index is 11.6. The van der Waals surface area contributed by atoms with Crippen molar-refractivity contribution in [3.63, 3.8) is 0 Å². The Kier molecular flexibility index (Phi) is 4.10. The Balaban J connectivity index is 2.73. The number of nitrogens with two attached hydrogens (primary N) is 1. The van der Waals surface area contributed by atoms with E-state index in [1.165, 1.54) is 4.90 Å². The van der Waals surface area contributed by atoms with Crippen LogP contribution in [0.4, 0.5) is 0 Å². The fraction of sp³-hybridized carbons (Fsp3) is 0.778. The third kappa shape index (κ3) is 3.67. The molecule has 0 aliphatic carbocycles. The Hall–Kier alpha value is -1.15. The standard InChI is InChI=1S/C9H16N2O5S/c1-2-7(9(13)14)11-4-6(3-8(11)12)5-17(10,15)16/h6-7H,2-5H2,1H3,(H,13,14)(H2,10,15,16). The number of carbonyl (C=O) groups excluding carboxylic acids is 1. The molecule has 2 unspecified atom stereocenters. The molecule has 0 saturated carbocycles. The summed E-state index contributed by atoms with van der Waals surface area (Å²) in [6, 6.07) is -0.882. The van der Waals surface area contributed by atoms with Crippen molar-refractivity contribution in [2.45, 2.75) is 25.8 Å². The monoisotopic (exact) mass is 264 g/mol. The molecule has 1 aliphatic heterocycles. The van der Waals surface area contributed by atoms with Crippen LogP contribution in [0.2, 0.25) is 0 Å². The fourth-order valence-electron chi connectivity index (χ4n) is 2.08. The van der Waals surface area contributed by atoms with Crippen LogP contribution in [-0.4, -0.2) is 48.6 Å². The number of sulfonamides is 1. The molecule has 1 amide bonds. The SMILES string of the molecule is CCC(C(=O)O)N1CC(CS(N)(=O)=O)CC1=O. The normalized spacial score (nSPS) is 22.8.